The Morgan fingerprint density at radius 3 is 2.69 bits per heavy atom. The molecule has 2 aromatic carbocycles. The van der Waals surface area contributed by atoms with Crippen molar-refractivity contribution in [2.75, 3.05) is 12.3 Å². The molecule has 3 aromatic rings. The van der Waals surface area contributed by atoms with E-state index in [9.17, 15) is 14.9 Å². The van der Waals surface area contributed by atoms with Gasteiger partial charge in [-0.05, 0) is 30.2 Å². The van der Waals surface area contributed by atoms with Crippen molar-refractivity contribution in [2.45, 2.75) is 13.0 Å². The lowest BCUT2D eigenvalue weighted by Crippen LogP contribution is -2.25. The maximum absolute atomic E-state index is 12.1. The summed E-state index contributed by atoms with van der Waals surface area (Å²) in [6.07, 6.45) is 2.09. The summed E-state index contributed by atoms with van der Waals surface area (Å²) in [7, 11) is 0. The fourth-order valence-corrected chi connectivity index (χ4v) is 2.96. The van der Waals surface area contributed by atoms with Crippen LogP contribution in [0.25, 0.3) is 11.1 Å². The monoisotopic (exact) mass is 434 g/mol. The topological polar surface area (TPSA) is 113 Å². The van der Waals surface area contributed by atoms with Crippen molar-refractivity contribution in [3.8, 4) is 16.9 Å². The number of aromatic nitrogens is 2. The van der Waals surface area contributed by atoms with E-state index in [2.05, 4.69) is 4.98 Å². The van der Waals surface area contributed by atoms with Gasteiger partial charge in [0.1, 0.15) is 11.6 Å². The highest BCUT2D eigenvalue weighted by atomic mass is 35.5. The summed E-state index contributed by atoms with van der Waals surface area (Å²) < 4.78 is 6.95. The number of nitrogens with zero attached hydrogens (tertiary/aromatic N) is 3. The van der Waals surface area contributed by atoms with E-state index in [4.69, 9.17) is 33.7 Å². The van der Waals surface area contributed by atoms with Gasteiger partial charge in [0.15, 0.2) is 0 Å². The molecule has 0 spiro atoms. The Morgan fingerprint density at radius 1 is 1.17 bits per heavy atom. The van der Waals surface area contributed by atoms with Crippen molar-refractivity contribution in [3.63, 3.8) is 0 Å². The highest BCUT2D eigenvalue weighted by Crippen LogP contribution is 2.30. The van der Waals surface area contributed by atoms with Gasteiger partial charge in [-0.3, -0.25) is 14.7 Å². The second kappa shape index (κ2) is 8.93. The molecule has 0 bridgehead atoms. The van der Waals surface area contributed by atoms with Gasteiger partial charge in [-0.25, -0.2) is 4.79 Å². The fraction of sp³-hybridized carbons (Fsp3) is 0.158. The molecule has 0 saturated carbocycles. The first kappa shape index (κ1) is 20.6. The van der Waals surface area contributed by atoms with Gasteiger partial charge in [0.25, 0.3) is 5.69 Å². The van der Waals surface area contributed by atoms with Crippen LogP contribution in [-0.2, 0) is 6.54 Å². The Kier molecular flexibility index (Phi) is 6.36. The Morgan fingerprint density at radius 2 is 1.97 bits per heavy atom. The lowest BCUT2D eigenvalue weighted by molar-refractivity contribution is -0.384. The standard InChI is InChI=1S/C19H16Cl2N4O4/c20-16-6-5-12(9-17(16)21)15-11-24(19(26)23-18(15)22)7-2-8-29-14-4-1-3-13(10-14)25(27)28/h1,3-6,9-11H,2,7-8H2,(H2,22,23,26). The molecule has 150 valence electrons. The van der Waals surface area contributed by atoms with Gasteiger partial charge >= 0.3 is 5.69 Å². The maximum atomic E-state index is 12.1. The van der Waals surface area contributed by atoms with E-state index in [1.807, 2.05) is 0 Å². The normalized spacial score (nSPS) is 10.7. The molecule has 0 unspecified atom stereocenters. The zero-order chi connectivity index (χ0) is 21.0. The Labute approximate surface area is 175 Å². The van der Waals surface area contributed by atoms with E-state index in [-0.39, 0.29) is 18.1 Å². The Hall–Kier alpha value is -3.10. The number of anilines is 1. The van der Waals surface area contributed by atoms with E-state index in [0.29, 0.717) is 39.9 Å². The summed E-state index contributed by atoms with van der Waals surface area (Å²) in [5.74, 6) is 0.482. The van der Waals surface area contributed by atoms with Crippen molar-refractivity contribution in [2.24, 2.45) is 0 Å². The van der Waals surface area contributed by atoms with Gasteiger partial charge in [-0.1, -0.05) is 35.3 Å². The van der Waals surface area contributed by atoms with Gasteiger partial charge in [-0.15, -0.1) is 0 Å². The van der Waals surface area contributed by atoms with Crippen molar-refractivity contribution < 1.29 is 9.66 Å². The first-order valence-electron chi connectivity index (χ1n) is 8.55. The van der Waals surface area contributed by atoms with E-state index < -0.39 is 10.6 Å². The van der Waals surface area contributed by atoms with Crippen molar-refractivity contribution in [1.82, 2.24) is 9.55 Å². The van der Waals surface area contributed by atoms with E-state index >= 15 is 0 Å². The van der Waals surface area contributed by atoms with Gasteiger partial charge < -0.3 is 10.5 Å². The number of rotatable bonds is 7. The maximum Gasteiger partial charge on any atom is 0.349 e. The summed E-state index contributed by atoms with van der Waals surface area (Å²) in [5, 5.41) is 11.6. The zero-order valence-corrected chi connectivity index (χ0v) is 16.6. The third kappa shape index (κ3) is 5.04. The number of nitrogen functional groups attached to an aromatic ring is 1. The van der Waals surface area contributed by atoms with Crippen LogP contribution in [0.4, 0.5) is 11.5 Å². The van der Waals surface area contributed by atoms with E-state index in [1.165, 1.54) is 16.7 Å². The Bertz CT molecular complexity index is 1120. The molecule has 0 saturated heterocycles. The van der Waals surface area contributed by atoms with Crippen molar-refractivity contribution in [3.05, 3.63) is 79.3 Å². The number of nitrogens with two attached hydrogens (primary N) is 1. The summed E-state index contributed by atoms with van der Waals surface area (Å²) >= 11 is 12.0. The summed E-state index contributed by atoms with van der Waals surface area (Å²) in [6.45, 7) is 0.593. The average Bonchev–Trinajstić information content (AvgIpc) is 2.69. The molecule has 0 fully saturated rings. The number of non-ortho nitro benzene ring substituents is 1. The molecule has 0 amide bonds. The number of ether oxygens (including phenoxy) is 1. The van der Waals surface area contributed by atoms with Crippen LogP contribution in [0.3, 0.4) is 0 Å². The Balaban J connectivity index is 1.69. The second-order valence-electron chi connectivity index (χ2n) is 6.10. The number of benzene rings is 2. The molecule has 0 aliphatic carbocycles. The molecule has 3 rings (SSSR count). The molecule has 8 nitrogen and oxygen atoms in total. The third-order valence-corrected chi connectivity index (χ3v) is 4.83. The van der Waals surface area contributed by atoms with Gasteiger partial charge in [0, 0.05) is 24.4 Å². The molecule has 0 radical (unpaired) electrons. The fourth-order valence-electron chi connectivity index (χ4n) is 2.66. The van der Waals surface area contributed by atoms with E-state index in [0.717, 1.165) is 0 Å². The minimum absolute atomic E-state index is 0.0484. The summed E-state index contributed by atoms with van der Waals surface area (Å²) in [4.78, 5) is 26.3. The van der Waals surface area contributed by atoms with Crippen LogP contribution in [0.15, 0.2) is 53.5 Å². The van der Waals surface area contributed by atoms with Crippen LogP contribution in [0.1, 0.15) is 6.42 Å². The molecule has 0 aliphatic heterocycles. The van der Waals surface area contributed by atoms with Crippen LogP contribution in [0, 0.1) is 10.1 Å². The van der Waals surface area contributed by atoms with Crippen molar-refractivity contribution >= 4 is 34.7 Å². The predicted octanol–water partition coefficient (Wildman–Crippen LogP) is 4.18. The number of nitro groups is 1. The third-order valence-electron chi connectivity index (χ3n) is 4.09. The molecule has 1 aromatic heterocycles. The predicted molar refractivity (Wildman–Crippen MR) is 112 cm³/mol. The molecule has 10 heteroatoms. The first-order valence-corrected chi connectivity index (χ1v) is 9.30. The highest BCUT2D eigenvalue weighted by Gasteiger charge is 2.11. The SMILES string of the molecule is Nc1nc(=O)n(CCCOc2cccc([N+](=O)[O-])c2)cc1-c1ccc(Cl)c(Cl)c1. The lowest BCUT2D eigenvalue weighted by atomic mass is 10.1. The van der Waals surface area contributed by atoms with Crippen LogP contribution < -0.4 is 16.2 Å². The molecule has 1 heterocycles. The number of hydrogen-bond donors (Lipinski definition) is 1. The number of nitro benzene ring substituents is 1. The molecule has 0 aliphatic rings. The average molecular weight is 435 g/mol. The van der Waals surface area contributed by atoms with Gasteiger partial charge in [-0.2, -0.15) is 4.98 Å². The summed E-state index contributed by atoms with van der Waals surface area (Å²) in [5.41, 5.74) is 6.61. The first-order chi connectivity index (χ1) is 13.8. The molecular formula is C19H16Cl2N4O4. The van der Waals surface area contributed by atoms with Gasteiger partial charge in [0.2, 0.25) is 0 Å². The van der Waals surface area contributed by atoms with Crippen molar-refractivity contribution in [1.29, 1.82) is 0 Å². The number of aryl methyl sites for hydroxylation is 1. The molecule has 29 heavy (non-hydrogen) atoms. The minimum atomic E-state index is -0.489. The van der Waals surface area contributed by atoms with Crippen LogP contribution in [-0.4, -0.2) is 21.1 Å². The van der Waals surface area contributed by atoms with E-state index in [1.54, 1.807) is 36.5 Å². The number of halogens is 2. The van der Waals surface area contributed by atoms with Crippen LogP contribution >= 0.6 is 23.2 Å². The van der Waals surface area contributed by atoms with Gasteiger partial charge in [0.05, 0.1) is 27.6 Å². The molecule has 2 N–H and O–H groups in total. The quantitative estimate of drug-likeness (QED) is 0.339. The minimum Gasteiger partial charge on any atom is -0.493 e. The second-order valence-corrected chi connectivity index (χ2v) is 6.92. The molecule has 0 atom stereocenters. The van der Waals surface area contributed by atoms with Crippen LogP contribution in [0.2, 0.25) is 10.0 Å². The highest BCUT2D eigenvalue weighted by molar-refractivity contribution is 6.42. The largest absolute Gasteiger partial charge is 0.493 e. The van der Waals surface area contributed by atoms with Crippen LogP contribution in [0.5, 0.6) is 5.75 Å². The molecular weight excluding hydrogens is 419 g/mol. The lowest BCUT2D eigenvalue weighted by Gasteiger charge is -2.11. The smallest absolute Gasteiger partial charge is 0.349 e. The summed E-state index contributed by atoms with van der Waals surface area (Å²) in [6, 6.07) is 10.9. The zero-order valence-electron chi connectivity index (χ0n) is 15.0. The number of hydrogen-bond acceptors (Lipinski definition) is 6.